The molecule has 3 rings (SSSR count). The predicted octanol–water partition coefficient (Wildman–Crippen LogP) is 2.23. The number of hydrogen-bond acceptors (Lipinski definition) is 5. The van der Waals surface area contributed by atoms with E-state index in [4.69, 9.17) is 5.73 Å². The van der Waals surface area contributed by atoms with Crippen LogP contribution < -0.4 is 11.2 Å². The highest BCUT2D eigenvalue weighted by Crippen LogP contribution is 2.16. The molecule has 1 heterocycles. The molecule has 0 aliphatic heterocycles. The van der Waals surface area contributed by atoms with Crippen molar-refractivity contribution in [2.24, 2.45) is 0 Å². The first-order valence-electron chi connectivity index (χ1n) is 7.52. The topological polar surface area (TPSA) is 102 Å². The van der Waals surface area contributed by atoms with Crippen molar-refractivity contribution in [2.45, 2.75) is 6.92 Å². The van der Waals surface area contributed by atoms with E-state index in [0.717, 1.165) is 5.56 Å². The number of aryl methyl sites for hydroxylation is 1. The highest BCUT2D eigenvalue weighted by atomic mass is 16.1. The summed E-state index contributed by atoms with van der Waals surface area (Å²) in [5.41, 5.74) is 6.45. The molecule has 1 aromatic heterocycles. The largest absolute Gasteiger partial charge is 0.382 e. The van der Waals surface area contributed by atoms with Gasteiger partial charge in [0.05, 0.1) is 5.69 Å². The molecule has 0 amide bonds. The first kappa shape index (κ1) is 16.1. The lowest BCUT2D eigenvalue weighted by atomic mass is 10.1. The minimum Gasteiger partial charge on any atom is -0.382 e. The number of nitrogen functional groups attached to an aromatic ring is 1. The Balaban J connectivity index is 2.25. The molecule has 0 atom stereocenters. The van der Waals surface area contributed by atoms with Crippen LogP contribution in [-0.2, 0) is 0 Å². The van der Waals surface area contributed by atoms with Crippen molar-refractivity contribution in [1.82, 2.24) is 9.78 Å². The van der Waals surface area contributed by atoms with Crippen molar-refractivity contribution in [2.75, 3.05) is 5.73 Å². The fraction of sp³-hybridized carbons (Fsp3) is 0.0526. The molecule has 0 radical (unpaired) electrons. The Kier molecular flexibility index (Phi) is 4.14. The van der Waals surface area contributed by atoms with Crippen molar-refractivity contribution in [1.29, 1.82) is 5.26 Å². The standard InChI is InChI=1S/C19H14N4O2/c1-12-7-9-14(10-8-12)23-19(21)15(11-20)18(25)16(22-23)17(24)13-5-3-2-4-6-13/h2-10H,21H2,1H3. The third kappa shape index (κ3) is 2.91. The molecular formula is C19H14N4O2. The van der Waals surface area contributed by atoms with Crippen LogP contribution in [0.1, 0.15) is 27.2 Å². The minimum absolute atomic E-state index is 0.0963. The number of hydrogen-bond donors (Lipinski definition) is 1. The number of nitrogens with two attached hydrogens (primary N) is 1. The maximum atomic E-state index is 12.7. The fourth-order valence-corrected chi connectivity index (χ4v) is 2.41. The van der Waals surface area contributed by atoms with E-state index < -0.39 is 11.2 Å². The van der Waals surface area contributed by atoms with Crippen LogP contribution in [0.25, 0.3) is 5.69 Å². The second kappa shape index (κ2) is 6.42. The van der Waals surface area contributed by atoms with Crippen LogP contribution in [0.15, 0.2) is 59.4 Å². The Labute approximate surface area is 143 Å². The third-order valence-electron chi connectivity index (χ3n) is 3.77. The Morgan fingerprint density at radius 3 is 2.36 bits per heavy atom. The third-order valence-corrected chi connectivity index (χ3v) is 3.77. The first-order valence-corrected chi connectivity index (χ1v) is 7.52. The molecule has 0 spiro atoms. The van der Waals surface area contributed by atoms with E-state index >= 15 is 0 Å². The van der Waals surface area contributed by atoms with Gasteiger partial charge < -0.3 is 5.73 Å². The van der Waals surface area contributed by atoms with Crippen molar-refractivity contribution < 1.29 is 4.79 Å². The monoisotopic (exact) mass is 330 g/mol. The Morgan fingerprint density at radius 1 is 1.12 bits per heavy atom. The Hall–Kier alpha value is -3.72. The van der Waals surface area contributed by atoms with E-state index in [1.165, 1.54) is 4.68 Å². The zero-order valence-corrected chi connectivity index (χ0v) is 13.4. The van der Waals surface area contributed by atoms with Crippen molar-refractivity contribution in [3.05, 3.63) is 87.2 Å². The molecule has 0 saturated carbocycles. The zero-order chi connectivity index (χ0) is 18.0. The van der Waals surface area contributed by atoms with Gasteiger partial charge in [0.1, 0.15) is 17.5 Å². The van der Waals surface area contributed by atoms with Gasteiger partial charge in [-0.05, 0) is 19.1 Å². The maximum Gasteiger partial charge on any atom is 0.231 e. The van der Waals surface area contributed by atoms with E-state index in [9.17, 15) is 14.9 Å². The average molecular weight is 330 g/mol. The number of carbonyl (C=O) groups is 1. The molecule has 2 aromatic carbocycles. The summed E-state index contributed by atoms with van der Waals surface area (Å²) >= 11 is 0. The van der Waals surface area contributed by atoms with Gasteiger partial charge in [-0.25, -0.2) is 4.68 Å². The molecule has 0 saturated heterocycles. The number of aromatic nitrogens is 2. The van der Waals surface area contributed by atoms with Gasteiger partial charge in [-0.2, -0.15) is 10.4 Å². The number of ketones is 1. The lowest BCUT2D eigenvalue weighted by molar-refractivity contribution is 0.103. The smallest absolute Gasteiger partial charge is 0.231 e. The molecule has 0 fully saturated rings. The highest BCUT2D eigenvalue weighted by molar-refractivity contribution is 6.07. The molecule has 2 N–H and O–H groups in total. The zero-order valence-electron chi connectivity index (χ0n) is 13.4. The van der Waals surface area contributed by atoms with E-state index in [1.54, 1.807) is 48.5 Å². The van der Waals surface area contributed by atoms with E-state index in [1.807, 2.05) is 19.1 Å². The molecule has 0 unspecified atom stereocenters. The molecule has 122 valence electrons. The average Bonchev–Trinajstić information content (AvgIpc) is 2.63. The molecule has 0 aliphatic rings. The second-order valence-corrected chi connectivity index (χ2v) is 5.49. The maximum absolute atomic E-state index is 12.7. The van der Waals surface area contributed by atoms with Crippen LogP contribution >= 0.6 is 0 Å². The van der Waals surface area contributed by atoms with Crippen LogP contribution in [0, 0.1) is 18.3 Å². The van der Waals surface area contributed by atoms with Gasteiger partial charge in [0.25, 0.3) is 0 Å². The minimum atomic E-state index is -0.766. The summed E-state index contributed by atoms with van der Waals surface area (Å²) in [6.07, 6.45) is 0. The number of carbonyl (C=O) groups excluding carboxylic acids is 1. The number of benzene rings is 2. The van der Waals surface area contributed by atoms with Gasteiger partial charge in [-0.15, -0.1) is 0 Å². The normalized spacial score (nSPS) is 10.2. The van der Waals surface area contributed by atoms with Crippen molar-refractivity contribution in [3.8, 4) is 11.8 Å². The van der Waals surface area contributed by atoms with E-state index in [0.29, 0.717) is 11.3 Å². The summed E-state index contributed by atoms with van der Waals surface area (Å²) in [5.74, 6) is -0.649. The summed E-state index contributed by atoms with van der Waals surface area (Å²) in [7, 11) is 0. The quantitative estimate of drug-likeness (QED) is 0.742. The number of rotatable bonds is 3. The van der Waals surface area contributed by atoms with Crippen LogP contribution in [-0.4, -0.2) is 15.6 Å². The lowest BCUT2D eigenvalue weighted by Crippen LogP contribution is -2.27. The summed E-state index contributed by atoms with van der Waals surface area (Å²) < 4.78 is 1.25. The fourth-order valence-electron chi connectivity index (χ4n) is 2.41. The molecule has 6 nitrogen and oxygen atoms in total. The van der Waals surface area contributed by atoms with Gasteiger partial charge in [-0.3, -0.25) is 9.59 Å². The summed E-state index contributed by atoms with van der Waals surface area (Å²) in [4.78, 5) is 25.1. The van der Waals surface area contributed by atoms with Crippen LogP contribution in [0.4, 0.5) is 5.82 Å². The van der Waals surface area contributed by atoms with E-state index in [2.05, 4.69) is 5.10 Å². The molecule has 6 heteroatoms. The van der Waals surface area contributed by atoms with Gasteiger partial charge in [0, 0.05) is 5.56 Å². The van der Waals surface area contributed by atoms with E-state index in [-0.39, 0.29) is 17.1 Å². The number of nitriles is 1. The van der Waals surface area contributed by atoms with Gasteiger partial charge in [-0.1, -0.05) is 48.0 Å². The summed E-state index contributed by atoms with van der Waals surface area (Å²) in [5, 5.41) is 13.4. The van der Waals surface area contributed by atoms with Gasteiger partial charge >= 0.3 is 0 Å². The Bertz CT molecular complexity index is 1050. The van der Waals surface area contributed by atoms with Gasteiger partial charge in [0.15, 0.2) is 5.69 Å². The van der Waals surface area contributed by atoms with Crippen LogP contribution in [0.2, 0.25) is 0 Å². The van der Waals surface area contributed by atoms with Gasteiger partial charge in [0.2, 0.25) is 11.2 Å². The SMILES string of the molecule is Cc1ccc(-n2nc(C(=O)c3ccccc3)c(=O)c(C#N)c2N)cc1. The van der Waals surface area contributed by atoms with Crippen molar-refractivity contribution >= 4 is 11.6 Å². The second-order valence-electron chi connectivity index (χ2n) is 5.49. The molecule has 0 aliphatic carbocycles. The highest BCUT2D eigenvalue weighted by Gasteiger charge is 2.22. The van der Waals surface area contributed by atoms with Crippen LogP contribution in [0.3, 0.4) is 0 Å². The van der Waals surface area contributed by atoms with Crippen molar-refractivity contribution in [3.63, 3.8) is 0 Å². The first-order chi connectivity index (χ1) is 12.0. The van der Waals surface area contributed by atoms with Crippen LogP contribution in [0.5, 0.6) is 0 Å². The number of nitrogens with zero attached hydrogens (tertiary/aromatic N) is 3. The lowest BCUT2D eigenvalue weighted by Gasteiger charge is -2.12. The molecule has 25 heavy (non-hydrogen) atoms. The Morgan fingerprint density at radius 2 is 1.76 bits per heavy atom. The summed E-state index contributed by atoms with van der Waals surface area (Å²) in [6, 6.07) is 17.3. The molecule has 3 aromatic rings. The molecule has 0 bridgehead atoms. The summed E-state index contributed by atoms with van der Waals surface area (Å²) in [6.45, 7) is 1.93. The number of anilines is 1. The predicted molar refractivity (Wildman–Crippen MR) is 93.6 cm³/mol. The molecular weight excluding hydrogens is 316 g/mol.